The molecule has 4 aromatic rings. The molecular weight excluding hydrogens is 545 g/mol. The minimum Gasteiger partial charge on any atom is -0.768 e. The minimum absolute atomic E-state index is 0.156. The molecule has 0 spiro atoms. The predicted octanol–water partition coefficient (Wildman–Crippen LogP) is 6.81. The largest absolute Gasteiger partial charge is 0.768 e. The fraction of sp³-hybridized carbons (Fsp3) is 0.192. The quantitative estimate of drug-likeness (QED) is 0.173. The normalized spacial score (nSPS) is 12.5. The third kappa shape index (κ3) is 5.57. The van der Waals surface area contributed by atoms with Crippen LogP contribution in [0.5, 0.6) is 5.75 Å². The van der Waals surface area contributed by atoms with Crippen molar-refractivity contribution in [3.05, 3.63) is 100 Å². The van der Waals surface area contributed by atoms with Gasteiger partial charge in [-0.15, -0.1) is 0 Å². The van der Waals surface area contributed by atoms with Crippen LogP contribution in [0, 0.1) is 17.5 Å². The van der Waals surface area contributed by atoms with E-state index in [1.54, 1.807) is 29.0 Å². The molecule has 0 N–H and O–H groups in total. The maximum atomic E-state index is 14.5. The van der Waals surface area contributed by atoms with Crippen LogP contribution in [0.2, 0.25) is 5.02 Å². The molecule has 1 unspecified atom stereocenters. The fourth-order valence-electron chi connectivity index (χ4n) is 3.86. The van der Waals surface area contributed by atoms with Crippen molar-refractivity contribution >= 4 is 34.4 Å². The third-order valence-corrected chi connectivity index (χ3v) is 7.89. The van der Waals surface area contributed by atoms with Crippen molar-refractivity contribution in [2.45, 2.75) is 35.1 Å². The number of nitrogens with zero attached hydrogens (tertiary/aromatic N) is 2. The van der Waals surface area contributed by atoms with E-state index in [0.29, 0.717) is 21.6 Å². The van der Waals surface area contributed by atoms with Gasteiger partial charge in [-0.3, -0.25) is 8.78 Å². The van der Waals surface area contributed by atoms with Crippen molar-refractivity contribution in [3.8, 4) is 11.4 Å². The first-order valence-corrected chi connectivity index (χ1v) is 13.3. The highest BCUT2D eigenvalue weighted by Crippen LogP contribution is 2.39. The Morgan fingerprint density at radius 1 is 1.08 bits per heavy atom. The number of imidazole rings is 1. The molecule has 5 nitrogen and oxygen atoms in total. The third-order valence-electron chi connectivity index (χ3n) is 5.98. The molecule has 1 atom stereocenters. The smallest absolute Gasteiger partial charge is 0.173 e. The summed E-state index contributed by atoms with van der Waals surface area (Å²) >= 11 is 4.52. The lowest BCUT2D eigenvalue weighted by molar-refractivity contribution is 0.413. The Bertz CT molecular complexity index is 1450. The van der Waals surface area contributed by atoms with Crippen LogP contribution in [0.3, 0.4) is 0 Å². The van der Waals surface area contributed by atoms with Gasteiger partial charge in [0.2, 0.25) is 0 Å². The summed E-state index contributed by atoms with van der Waals surface area (Å²) < 4.78 is 72.2. The number of ether oxygens (including phenoxy) is 1. The van der Waals surface area contributed by atoms with E-state index in [9.17, 15) is 21.9 Å². The molecule has 0 aliphatic carbocycles. The molecule has 0 fully saturated rings. The number of hydrogen-bond donors (Lipinski definition) is 0. The average Bonchev–Trinajstić information content (AvgIpc) is 3.28. The number of thioether (sulfide) groups is 1. The standard InChI is InChI=1S/C26H22ClF3N2O3S2/c1-26(2,15-4-9-20(27)23(10-15)35-3)24-13-31-25(32(24)17-7-5-16(28)6-8-17)36-14-19-21(29)11-18(37(33)34)12-22(19)30/h4-13H,14H2,1-3H3,(H,33,34)/p-1. The van der Waals surface area contributed by atoms with E-state index in [-0.39, 0.29) is 11.3 Å². The van der Waals surface area contributed by atoms with Crippen LogP contribution in [-0.4, -0.2) is 25.4 Å². The summed E-state index contributed by atoms with van der Waals surface area (Å²) in [6.07, 6.45) is 1.66. The lowest BCUT2D eigenvalue weighted by Gasteiger charge is -2.28. The molecule has 1 heterocycles. The van der Waals surface area contributed by atoms with E-state index in [4.69, 9.17) is 16.3 Å². The van der Waals surface area contributed by atoms with Crippen LogP contribution < -0.4 is 4.74 Å². The minimum atomic E-state index is -2.76. The van der Waals surface area contributed by atoms with Gasteiger partial charge in [-0.25, -0.2) is 18.2 Å². The van der Waals surface area contributed by atoms with E-state index in [1.165, 1.54) is 19.2 Å². The summed E-state index contributed by atoms with van der Waals surface area (Å²) in [6.45, 7) is 3.95. The van der Waals surface area contributed by atoms with Gasteiger partial charge in [-0.1, -0.05) is 43.3 Å². The number of rotatable bonds is 8. The van der Waals surface area contributed by atoms with E-state index in [1.807, 2.05) is 26.0 Å². The van der Waals surface area contributed by atoms with Gasteiger partial charge in [-0.2, -0.15) is 0 Å². The number of hydrogen-bond acceptors (Lipinski definition) is 5. The van der Waals surface area contributed by atoms with Crippen molar-refractivity contribution < 1.29 is 26.7 Å². The molecule has 37 heavy (non-hydrogen) atoms. The van der Waals surface area contributed by atoms with Gasteiger partial charge in [0.25, 0.3) is 0 Å². The highest BCUT2D eigenvalue weighted by Gasteiger charge is 2.30. The summed E-state index contributed by atoms with van der Waals surface area (Å²) in [5, 5.41) is 0.868. The summed E-state index contributed by atoms with van der Waals surface area (Å²) in [5.41, 5.74) is 1.27. The number of methoxy groups -OCH3 is 1. The molecule has 0 saturated carbocycles. The van der Waals surface area contributed by atoms with Crippen molar-refractivity contribution in [2.24, 2.45) is 0 Å². The second-order valence-electron chi connectivity index (χ2n) is 8.60. The molecule has 1 aromatic heterocycles. The first-order chi connectivity index (χ1) is 17.5. The van der Waals surface area contributed by atoms with Gasteiger partial charge >= 0.3 is 0 Å². The maximum absolute atomic E-state index is 14.5. The van der Waals surface area contributed by atoms with Gasteiger partial charge in [0.05, 0.1) is 24.0 Å². The highest BCUT2D eigenvalue weighted by atomic mass is 35.5. The van der Waals surface area contributed by atoms with Crippen LogP contribution in [0.15, 0.2) is 70.8 Å². The van der Waals surface area contributed by atoms with E-state index in [0.717, 1.165) is 35.2 Å². The van der Waals surface area contributed by atoms with E-state index in [2.05, 4.69) is 4.98 Å². The van der Waals surface area contributed by atoms with Crippen LogP contribution in [0.25, 0.3) is 5.69 Å². The molecular formula is C26H21ClF3N2O3S2-. The highest BCUT2D eigenvalue weighted by molar-refractivity contribution is 7.98. The molecule has 0 saturated heterocycles. The Kier molecular flexibility index (Phi) is 8.03. The topological polar surface area (TPSA) is 67.2 Å². The van der Waals surface area contributed by atoms with Crippen molar-refractivity contribution in [1.82, 2.24) is 9.55 Å². The second kappa shape index (κ2) is 10.9. The Morgan fingerprint density at radius 3 is 2.32 bits per heavy atom. The zero-order valence-electron chi connectivity index (χ0n) is 19.9. The Balaban J connectivity index is 1.78. The monoisotopic (exact) mass is 565 g/mol. The molecule has 194 valence electrons. The number of halogens is 4. The summed E-state index contributed by atoms with van der Waals surface area (Å²) in [4.78, 5) is 4.05. The molecule has 3 aromatic carbocycles. The maximum Gasteiger partial charge on any atom is 0.173 e. The summed E-state index contributed by atoms with van der Waals surface area (Å²) in [7, 11) is 1.52. The molecule has 0 radical (unpaired) electrons. The number of benzene rings is 3. The van der Waals surface area contributed by atoms with E-state index < -0.39 is 38.8 Å². The van der Waals surface area contributed by atoms with Crippen LogP contribution in [0.1, 0.15) is 30.7 Å². The fourth-order valence-corrected chi connectivity index (χ4v) is 5.47. The zero-order valence-corrected chi connectivity index (χ0v) is 22.3. The van der Waals surface area contributed by atoms with Gasteiger partial charge in [0.1, 0.15) is 23.2 Å². The number of aromatic nitrogens is 2. The SMILES string of the molecule is COc1cc(C(C)(C)c2cnc(SCc3c(F)cc(S(=O)[O-])cc3F)n2-c2ccc(F)cc2)ccc1Cl. The van der Waals surface area contributed by atoms with Crippen LogP contribution in [-0.2, 0) is 22.2 Å². The van der Waals surface area contributed by atoms with Crippen LogP contribution in [0.4, 0.5) is 13.2 Å². The Labute approximate surface area is 223 Å². The molecule has 0 aliphatic rings. The predicted molar refractivity (Wildman–Crippen MR) is 137 cm³/mol. The Hall–Kier alpha value is -2.79. The van der Waals surface area contributed by atoms with Gasteiger partial charge in [0, 0.05) is 27.3 Å². The average molecular weight is 566 g/mol. The van der Waals surface area contributed by atoms with Gasteiger partial charge < -0.3 is 9.29 Å². The first kappa shape index (κ1) is 27.3. The van der Waals surface area contributed by atoms with Crippen LogP contribution >= 0.6 is 23.4 Å². The molecule has 4 rings (SSSR count). The zero-order chi connectivity index (χ0) is 26.9. The van der Waals surface area contributed by atoms with Crippen molar-refractivity contribution in [1.29, 1.82) is 0 Å². The van der Waals surface area contributed by atoms with E-state index >= 15 is 0 Å². The van der Waals surface area contributed by atoms with Gasteiger partial charge in [0.15, 0.2) is 5.16 Å². The second-order valence-corrected chi connectivity index (χ2v) is 10.9. The lowest BCUT2D eigenvalue weighted by Crippen LogP contribution is -2.23. The summed E-state index contributed by atoms with van der Waals surface area (Å²) in [6, 6.07) is 12.8. The molecule has 0 amide bonds. The summed E-state index contributed by atoms with van der Waals surface area (Å²) in [5.74, 6) is -2.01. The van der Waals surface area contributed by atoms with Crippen molar-refractivity contribution in [3.63, 3.8) is 0 Å². The first-order valence-electron chi connectivity index (χ1n) is 10.9. The molecule has 11 heteroatoms. The molecule has 0 aliphatic heterocycles. The molecule has 0 bridgehead atoms. The van der Waals surface area contributed by atoms with Gasteiger partial charge in [-0.05, 0) is 65.2 Å². The Morgan fingerprint density at radius 2 is 1.73 bits per heavy atom. The van der Waals surface area contributed by atoms with Crippen molar-refractivity contribution in [2.75, 3.05) is 7.11 Å². The lowest BCUT2D eigenvalue weighted by atomic mass is 9.81.